The number of thiophene rings is 1. The molecule has 0 spiro atoms. The second-order valence-electron chi connectivity index (χ2n) is 12.1. The Balaban J connectivity index is 1.40. The average Bonchev–Trinajstić information content (AvgIpc) is 3.35. The molecule has 0 bridgehead atoms. The van der Waals surface area contributed by atoms with E-state index in [2.05, 4.69) is 21.1 Å². The molecule has 4 heterocycles. The maximum atomic E-state index is 13.5. The second-order valence-corrected chi connectivity index (χ2v) is 13.2. The number of ether oxygens (including phenoxy) is 1. The number of anilines is 2. The van der Waals surface area contributed by atoms with Gasteiger partial charge in [-0.25, -0.2) is 14.6 Å². The van der Waals surface area contributed by atoms with Crippen molar-refractivity contribution in [2.45, 2.75) is 58.0 Å². The van der Waals surface area contributed by atoms with E-state index in [0.717, 1.165) is 29.0 Å². The summed E-state index contributed by atoms with van der Waals surface area (Å²) < 4.78 is 5.53. The summed E-state index contributed by atoms with van der Waals surface area (Å²) in [7, 11) is 0. The standard InChI is InChI=1S/C31H36N8O4S/c1-30(2,3)42-29(41)39-14-12-38(13-15-39)20-16-22(19-7-10-35-11-8-19)36-23(17-20)26(33)37-43-28(40)31(4)9-5-6-24-25(31)21(18-32)27(34)44-24/h7-8,10-11,16-17H,5-6,9,12-15,34H2,1-4H3,(H2,33,37). The normalized spacial score (nSPS) is 18.8. The van der Waals surface area contributed by atoms with Crippen LogP contribution in [-0.4, -0.2) is 64.5 Å². The number of pyridine rings is 2. The first kappa shape index (κ1) is 30.7. The third kappa shape index (κ3) is 6.30. The number of rotatable bonds is 5. The molecule has 44 heavy (non-hydrogen) atoms. The largest absolute Gasteiger partial charge is 0.444 e. The molecule has 0 radical (unpaired) electrons. The molecule has 0 aromatic carbocycles. The van der Waals surface area contributed by atoms with E-state index in [1.807, 2.05) is 39.0 Å². The highest BCUT2D eigenvalue weighted by Gasteiger charge is 2.45. The molecule has 3 aromatic heterocycles. The van der Waals surface area contributed by atoms with Crippen molar-refractivity contribution >= 4 is 39.9 Å². The number of hydrogen-bond donors (Lipinski definition) is 2. The highest BCUT2D eigenvalue weighted by Crippen LogP contribution is 2.46. The summed E-state index contributed by atoms with van der Waals surface area (Å²) in [4.78, 5) is 45.0. The van der Waals surface area contributed by atoms with Crippen molar-refractivity contribution < 1.29 is 19.2 Å². The number of fused-ring (bicyclic) bond motifs is 1. The van der Waals surface area contributed by atoms with Gasteiger partial charge in [-0.3, -0.25) is 4.98 Å². The number of carbonyl (C=O) groups excluding carboxylic acids is 2. The predicted octanol–water partition coefficient (Wildman–Crippen LogP) is 4.17. The Labute approximate surface area is 260 Å². The molecule has 1 saturated heterocycles. The molecule has 3 aromatic rings. The Kier molecular flexibility index (Phi) is 8.47. The molecule has 12 nitrogen and oxygen atoms in total. The lowest BCUT2D eigenvalue weighted by Crippen LogP contribution is -2.50. The molecule has 13 heteroatoms. The summed E-state index contributed by atoms with van der Waals surface area (Å²) in [5.41, 5.74) is 14.4. The molecular formula is C31H36N8O4S. The lowest BCUT2D eigenvalue weighted by molar-refractivity contribution is -0.150. The fourth-order valence-corrected chi connectivity index (χ4v) is 6.70. The summed E-state index contributed by atoms with van der Waals surface area (Å²) in [5.74, 6) is -0.688. The van der Waals surface area contributed by atoms with E-state index in [9.17, 15) is 14.9 Å². The quantitative estimate of drug-likeness (QED) is 0.183. The summed E-state index contributed by atoms with van der Waals surface area (Å²) in [5, 5.41) is 14.1. The van der Waals surface area contributed by atoms with Gasteiger partial charge in [-0.15, -0.1) is 11.3 Å². The van der Waals surface area contributed by atoms with Crippen molar-refractivity contribution in [2.75, 3.05) is 36.8 Å². The second kappa shape index (κ2) is 12.1. The highest BCUT2D eigenvalue weighted by atomic mass is 32.1. The molecule has 4 N–H and O–H groups in total. The number of nitrogens with two attached hydrogens (primary N) is 2. The van der Waals surface area contributed by atoms with Gasteiger partial charge in [0.2, 0.25) is 0 Å². The van der Waals surface area contributed by atoms with Gasteiger partial charge < -0.3 is 30.8 Å². The van der Waals surface area contributed by atoms with Crippen LogP contribution in [0.4, 0.5) is 15.5 Å². The summed E-state index contributed by atoms with van der Waals surface area (Å²) >= 11 is 1.34. The number of amidine groups is 1. The van der Waals surface area contributed by atoms with Crippen LogP contribution in [0.25, 0.3) is 11.3 Å². The molecule has 1 unspecified atom stereocenters. The van der Waals surface area contributed by atoms with Crippen molar-refractivity contribution in [2.24, 2.45) is 10.9 Å². The van der Waals surface area contributed by atoms with Gasteiger partial charge in [-0.2, -0.15) is 5.26 Å². The Morgan fingerprint density at radius 1 is 1.16 bits per heavy atom. The Bertz CT molecular complexity index is 1630. The van der Waals surface area contributed by atoms with Gasteiger partial charge in [-0.1, -0.05) is 5.16 Å². The third-order valence-corrected chi connectivity index (χ3v) is 8.85. The predicted molar refractivity (Wildman–Crippen MR) is 168 cm³/mol. The van der Waals surface area contributed by atoms with Crippen LogP contribution >= 0.6 is 11.3 Å². The molecular weight excluding hydrogens is 580 g/mol. The van der Waals surface area contributed by atoms with Gasteiger partial charge in [0, 0.05) is 60.3 Å². The number of nitrogens with zero attached hydrogens (tertiary/aromatic N) is 6. The van der Waals surface area contributed by atoms with Gasteiger partial charge >= 0.3 is 12.1 Å². The Morgan fingerprint density at radius 3 is 2.52 bits per heavy atom. The molecule has 1 amide bonds. The molecule has 2 aliphatic rings. The summed E-state index contributed by atoms with van der Waals surface area (Å²) in [6, 6.07) is 9.55. The average molecular weight is 617 g/mol. The van der Waals surface area contributed by atoms with Gasteiger partial charge in [0.15, 0.2) is 5.84 Å². The molecule has 1 aliphatic carbocycles. The number of oxime groups is 1. The van der Waals surface area contributed by atoms with E-state index in [1.165, 1.54) is 11.3 Å². The van der Waals surface area contributed by atoms with E-state index in [0.29, 0.717) is 60.1 Å². The minimum absolute atomic E-state index is 0.0760. The van der Waals surface area contributed by atoms with Crippen LogP contribution in [0, 0.1) is 11.3 Å². The fraction of sp³-hybridized carbons (Fsp3) is 0.419. The smallest absolute Gasteiger partial charge is 0.410 e. The van der Waals surface area contributed by atoms with Crippen molar-refractivity contribution in [3.8, 4) is 17.3 Å². The number of hydrogen-bond acceptors (Lipinski definition) is 11. The van der Waals surface area contributed by atoms with Crippen LogP contribution in [0.15, 0.2) is 41.8 Å². The zero-order valence-electron chi connectivity index (χ0n) is 25.3. The first-order valence-electron chi connectivity index (χ1n) is 14.4. The monoisotopic (exact) mass is 616 g/mol. The summed E-state index contributed by atoms with van der Waals surface area (Å²) in [6.45, 7) is 9.39. The maximum Gasteiger partial charge on any atom is 0.410 e. The fourth-order valence-electron chi connectivity index (χ4n) is 5.51. The first-order chi connectivity index (χ1) is 20.9. The Morgan fingerprint density at radius 2 is 1.86 bits per heavy atom. The van der Waals surface area contributed by atoms with Crippen LogP contribution in [0.5, 0.6) is 0 Å². The molecule has 5 rings (SSSR count). The van der Waals surface area contributed by atoms with E-state index in [-0.39, 0.29) is 11.9 Å². The zero-order valence-corrected chi connectivity index (χ0v) is 26.1. The lowest BCUT2D eigenvalue weighted by Gasteiger charge is -2.37. The van der Waals surface area contributed by atoms with Crippen LogP contribution < -0.4 is 16.4 Å². The van der Waals surface area contributed by atoms with Crippen molar-refractivity contribution in [3.05, 3.63) is 58.4 Å². The number of nitriles is 1. The number of carbonyl (C=O) groups is 2. The van der Waals surface area contributed by atoms with Gasteiger partial charge in [0.05, 0.1) is 16.7 Å². The number of aryl methyl sites for hydroxylation is 1. The van der Waals surface area contributed by atoms with Gasteiger partial charge in [-0.05, 0) is 71.2 Å². The molecule has 1 atom stereocenters. The number of piperazine rings is 1. The van der Waals surface area contributed by atoms with Gasteiger partial charge in [0.1, 0.15) is 22.4 Å². The number of amides is 1. The van der Waals surface area contributed by atoms with Crippen molar-refractivity contribution in [1.29, 1.82) is 5.26 Å². The van der Waals surface area contributed by atoms with Crippen LogP contribution in [0.2, 0.25) is 0 Å². The number of aromatic nitrogens is 2. The van der Waals surface area contributed by atoms with E-state index in [4.69, 9.17) is 26.0 Å². The van der Waals surface area contributed by atoms with E-state index in [1.54, 1.807) is 30.3 Å². The minimum atomic E-state index is -1.08. The van der Waals surface area contributed by atoms with Crippen molar-refractivity contribution in [1.82, 2.24) is 14.9 Å². The number of nitrogen functional groups attached to an aromatic ring is 1. The molecule has 1 fully saturated rings. The third-order valence-electron chi connectivity index (χ3n) is 7.78. The van der Waals surface area contributed by atoms with E-state index >= 15 is 0 Å². The highest BCUT2D eigenvalue weighted by molar-refractivity contribution is 7.16. The molecule has 230 valence electrons. The zero-order chi connectivity index (χ0) is 31.6. The van der Waals surface area contributed by atoms with Crippen molar-refractivity contribution in [3.63, 3.8) is 0 Å². The summed E-state index contributed by atoms with van der Waals surface area (Å²) in [6.07, 6.45) is 5.01. The SMILES string of the molecule is CC(C)(C)OC(=O)N1CCN(c2cc(/C(N)=N/OC(=O)C3(C)CCCc4sc(N)c(C#N)c43)nc(-c3ccncc3)c2)CC1. The first-order valence-corrected chi connectivity index (χ1v) is 15.2. The minimum Gasteiger partial charge on any atom is -0.444 e. The van der Waals surface area contributed by atoms with Crippen LogP contribution in [0.3, 0.4) is 0 Å². The molecule has 1 aliphatic heterocycles. The van der Waals surface area contributed by atoms with Gasteiger partial charge in [0.25, 0.3) is 0 Å². The lowest BCUT2D eigenvalue weighted by atomic mass is 9.72. The maximum absolute atomic E-state index is 13.5. The van der Waals surface area contributed by atoms with Crippen LogP contribution in [-0.2, 0) is 26.2 Å². The Hall–Kier alpha value is -4.70. The van der Waals surface area contributed by atoms with E-state index < -0.39 is 17.0 Å². The van der Waals surface area contributed by atoms with Crippen LogP contribution in [0.1, 0.15) is 62.2 Å². The molecule has 0 saturated carbocycles. The topological polar surface area (TPSA) is 173 Å².